The molecule has 6 heteroatoms. The zero-order chi connectivity index (χ0) is 18.5. The molecule has 0 aliphatic carbocycles. The number of nitrogens with zero attached hydrogens (tertiary/aromatic N) is 1. The summed E-state index contributed by atoms with van der Waals surface area (Å²) in [6.07, 6.45) is 1.86. The zero-order valence-electron chi connectivity index (χ0n) is 15.2. The number of rotatable bonds is 6. The molecule has 4 nitrogen and oxygen atoms in total. The van der Waals surface area contributed by atoms with Crippen molar-refractivity contribution >= 4 is 40.6 Å². The van der Waals surface area contributed by atoms with Crippen molar-refractivity contribution in [2.24, 2.45) is 0 Å². The van der Waals surface area contributed by atoms with Crippen molar-refractivity contribution in [3.63, 3.8) is 0 Å². The Labute approximate surface area is 163 Å². The van der Waals surface area contributed by atoms with E-state index >= 15 is 0 Å². The summed E-state index contributed by atoms with van der Waals surface area (Å²) >= 11 is 3.17. The van der Waals surface area contributed by atoms with Gasteiger partial charge >= 0.3 is 0 Å². The molecule has 26 heavy (non-hydrogen) atoms. The fraction of sp³-hybridized carbons (Fsp3) is 0.400. The van der Waals surface area contributed by atoms with E-state index < -0.39 is 0 Å². The van der Waals surface area contributed by atoms with Crippen LogP contribution in [-0.2, 0) is 16.0 Å². The SMILES string of the molecule is CCC1c2ccsc2CCN1C(=O)CSCC(=O)Nc1ccc(C)cc1. The number of nitrogens with one attached hydrogen (secondary N) is 1. The maximum absolute atomic E-state index is 12.7. The molecule has 138 valence electrons. The first kappa shape index (κ1) is 19.0. The molecule has 1 N–H and O–H groups in total. The Morgan fingerprint density at radius 1 is 1.23 bits per heavy atom. The topological polar surface area (TPSA) is 49.4 Å². The minimum atomic E-state index is -0.0718. The van der Waals surface area contributed by atoms with Crippen molar-refractivity contribution in [2.75, 3.05) is 23.4 Å². The average molecular weight is 389 g/mol. The number of anilines is 1. The Morgan fingerprint density at radius 2 is 2.00 bits per heavy atom. The second-order valence-electron chi connectivity index (χ2n) is 6.47. The van der Waals surface area contributed by atoms with Gasteiger partial charge in [0.1, 0.15) is 0 Å². The lowest BCUT2D eigenvalue weighted by molar-refractivity contribution is -0.131. The Kier molecular flexibility index (Phi) is 6.38. The van der Waals surface area contributed by atoms with E-state index in [9.17, 15) is 9.59 Å². The Bertz CT molecular complexity index is 770. The van der Waals surface area contributed by atoms with Gasteiger partial charge in [-0.15, -0.1) is 23.1 Å². The monoisotopic (exact) mass is 388 g/mol. The normalized spacial score (nSPS) is 16.2. The van der Waals surface area contributed by atoms with E-state index in [1.54, 1.807) is 11.3 Å². The molecule has 1 aromatic heterocycles. The molecule has 1 aliphatic rings. The van der Waals surface area contributed by atoms with Gasteiger partial charge in [0, 0.05) is 17.1 Å². The van der Waals surface area contributed by atoms with E-state index in [4.69, 9.17) is 0 Å². The summed E-state index contributed by atoms with van der Waals surface area (Å²) in [4.78, 5) is 28.1. The molecule has 2 heterocycles. The predicted molar refractivity (Wildman–Crippen MR) is 110 cm³/mol. The second-order valence-corrected chi connectivity index (χ2v) is 8.45. The highest BCUT2D eigenvalue weighted by Crippen LogP contribution is 2.35. The zero-order valence-corrected chi connectivity index (χ0v) is 16.8. The molecule has 0 bridgehead atoms. The van der Waals surface area contributed by atoms with E-state index in [0.717, 1.165) is 30.6 Å². The fourth-order valence-corrected chi connectivity index (χ4v) is 4.91. The molecule has 1 atom stereocenters. The molecular formula is C20H24N2O2S2. The van der Waals surface area contributed by atoms with Gasteiger partial charge in [0.25, 0.3) is 0 Å². The number of aryl methyl sites for hydroxylation is 1. The van der Waals surface area contributed by atoms with Crippen molar-refractivity contribution in [1.82, 2.24) is 4.90 Å². The minimum Gasteiger partial charge on any atom is -0.335 e. The van der Waals surface area contributed by atoms with Crippen LogP contribution in [0.5, 0.6) is 0 Å². The lowest BCUT2D eigenvalue weighted by Crippen LogP contribution is -2.40. The third-order valence-electron chi connectivity index (χ3n) is 4.60. The number of hydrogen-bond acceptors (Lipinski definition) is 4. The number of fused-ring (bicyclic) bond motifs is 1. The average Bonchev–Trinajstić information content (AvgIpc) is 3.11. The lowest BCUT2D eigenvalue weighted by atomic mass is 9.98. The molecule has 2 aromatic rings. The third-order valence-corrected chi connectivity index (χ3v) is 6.51. The summed E-state index contributed by atoms with van der Waals surface area (Å²) in [5.41, 5.74) is 3.25. The molecular weight excluding hydrogens is 364 g/mol. The van der Waals surface area contributed by atoms with E-state index in [1.165, 1.54) is 22.2 Å². The summed E-state index contributed by atoms with van der Waals surface area (Å²) in [6.45, 7) is 4.91. The van der Waals surface area contributed by atoms with Crippen LogP contribution in [0.15, 0.2) is 35.7 Å². The van der Waals surface area contributed by atoms with Crippen LogP contribution < -0.4 is 5.32 Å². The minimum absolute atomic E-state index is 0.0718. The van der Waals surface area contributed by atoms with E-state index in [1.807, 2.05) is 36.1 Å². The lowest BCUT2D eigenvalue weighted by Gasteiger charge is -2.35. The highest BCUT2D eigenvalue weighted by atomic mass is 32.2. The van der Waals surface area contributed by atoms with Gasteiger partial charge in [-0.05, 0) is 48.9 Å². The largest absolute Gasteiger partial charge is 0.335 e. The number of thiophene rings is 1. The van der Waals surface area contributed by atoms with Gasteiger partial charge < -0.3 is 10.2 Å². The molecule has 0 saturated heterocycles. The van der Waals surface area contributed by atoms with Crippen LogP contribution in [0, 0.1) is 6.92 Å². The van der Waals surface area contributed by atoms with Crippen LogP contribution in [0.1, 0.15) is 35.4 Å². The van der Waals surface area contributed by atoms with Crippen molar-refractivity contribution < 1.29 is 9.59 Å². The van der Waals surface area contributed by atoms with Gasteiger partial charge in [0.15, 0.2) is 0 Å². The van der Waals surface area contributed by atoms with Gasteiger partial charge in [-0.25, -0.2) is 0 Å². The summed E-state index contributed by atoms with van der Waals surface area (Å²) in [5.74, 6) is 0.685. The maximum Gasteiger partial charge on any atom is 0.234 e. The van der Waals surface area contributed by atoms with Gasteiger partial charge in [-0.3, -0.25) is 9.59 Å². The molecule has 0 spiro atoms. The molecule has 1 unspecified atom stereocenters. The molecule has 0 radical (unpaired) electrons. The molecule has 2 amide bonds. The van der Waals surface area contributed by atoms with E-state index in [-0.39, 0.29) is 23.6 Å². The van der Waals surface area contributed by atoms with Crippen molar-refractivity contribution in [3.8, 4) is 0 Å². The first-order valence-corrected chi connectivity index (χ1v) is 10.9. The van der Waals surface area contributed by atoms with Gasteiger partial charge in [0.05, 0.1) is 17.5 Å². The van der Waals surface area contributed by atoms with Crippen molar-refractivity contribution in [3.05, 3.63) is 51.7 Å². The maximum atomic E-state index is 12.7. The molecule has 0 saturated carbocycles. The molecule has 1 aromatic carbocycles. The molecule has 3 rings (SSSR count). The first-order chi connectivity index (χ1) is 12.6. The second kappa shape index (κ2) is 8.73. The van der Waals surface area contributed by atoms with Crippen LogP contribution in [0.3, 0.4) is 0 Å². The van der Waals surface area contributed by atoms with Gasteiger partial charge in [0.2, 0.25) is 11.8 Å². The van der Waals surface area contributed by atoms with Crippen LogP contribution in [0.4, 0.5) is 5.69 Å². The number of amides is 2. The van der Waals surface area contributed by atoms with Crippen LogP contribution in [0.25, 0.3) is 0 Å². The van der Waals surface area contributed by atoms with Crippen LogP contribution in [0.2, 0.25) is 0 Å². The van der Waals surface area contributed by atoms with Crippen molar-refractivity contribution in [2.45, 2.75) is 32.7 Å². The van der Waals surface area contributed by atoms with Crippen LogP contribution in [-0.4, -0.2) is 34.8 Å². The summed E-state index contributed by atoms with van der Waals surface area (Å²) < 4.78 is 0. The Hall–Kier alpha value is -1.79. The van der Waals surface area contributed by atoms with Gasteiger partial charge in [-0.2, -0.15) is 0 Å². The molecule has 1 aliphatic heterocycles. The Balaban J connectivity index is 1.48. The quantitative estimate of drug-likeness (QED) is 0.804. The standard InChI is InChI=1S/C20H24N2O2S2/c1-3-17-16-9-11-26-18(16)8-10-22(17)20(24)13-25-12-19(23)21-15-6-4-14(2)5-7-15/h4-7,9,11,17H,3,8,10,12-13H2,1-2H3,(H,21,23). The van der Waals surface area contributed by atoms with Crippen LogP contribution >= 0.6 is 23.1 Å². The fourth-order valence-electron chi connectivity index (χ4n) is 3.28. The van der Waals surface area contributed by atoms with Crippen molar-refractivity contribution in [1.29, 1.82) is 0 Å². The number of hydrogen-bond donors (Lipinski definition) is 1. The highest BCUT2D eigenvalue weighted by molar-refractivity contribution is 8.00. The number of thioether (sulfide) groups is 1. The molecule has 0 fully saturated rings. The first-order valence-electron chi connectivity index (χ1n) is 8.88. The summed E-state index contributed by atoms with van der Waals surface area (Å²) in [7, 11) is 0. The summed E-state index contributed by atoms with van der Waals surface area (Å²) in [6, 6.07) is 10.0. The Morgan fingerprint density at radius 3 is 2.73 bits per heavy atom. The highest BCUT2D eigenvalue weighted by Gasteiger charge is 2.30. The number of benzene rings is 1. The van der Waals surface area contributed by atoms with E-state index in [2.05, 4.69) is 23.7 Å². The van der Waals surface area contributed by atoms with Gasteiger partial charge in [-0.1, -0.05) is 24.6 Å². The van der Waals surface area contributed by atoms with E-state index in [0.29, 0.717) is 5.75 Å². The smallest absolute Gasteiger partial charge is 0.234 e. The number of carbonyl (C=O) groups is 2. The predicted octanol–water partition coefficient (Wildman–Crippen LogP) is 4.26. The third kappa shape index (κ3) is 4.48. The number of carbonyl (C=O) groups excluding carboxylic acids is 2. The summed E-state index contributed by atoms with van der Waals surface area (Å²) in [5, 5.41) is 4.99.